The maximum atomic E-state index is 11.4. The van der Waals surface area contributed by atoms with Gasteiger partial charge in [-0.1, -0.05) is 12.1 Å². The Kier molecular flexibility index (Phi) is 3.35. The van der Waals surface area contributed by atoms with Gasteiger partial charge in [-0.25, -0.2) is 8.42 Å². The van der Waals surface area contributed by atoms with Gasteiger partial charge in [0, 0.05) is 22.4 Å². The van der Waals surface area contributed by atoms with E-state index in [1.54, 1.807) is 29.5 Å². The van der Waals surface area contributed by atoms with Crippen molar-refractivity contribution in [2.45, 2.75) is 18.2 Å². The first kappa shape index (κ1) is 12.3. The number of hydrogen-bond donors (Lipinski definition) is 0. The van der Waals surface area contributed by atoms with E-state index in [9.17, 15) is 8.42 Å². The minimum atomic E-state index is -3.11. The van der Waals surface area contributed by atoms with Crippen LogP contribution in [0.3, 0.4) is 0 Å². The second-order valence-corrected chi connectivity index (χ2v) is 7.50. The zero-order valence-corrected chi connectivity index (χ0v) is 11.4. The van der Waals surface area contributed by atoms with Crippen molar-refractivity contribution in [1.29, 1.82) is 0 Å². The Labute approximate surface area is 106 Å². The van der Waals surface area contributed by atoms with E-state index in [0.717, 1.165) is 12.0 Å². The molecule has 2 rings (SSSR count). The van der Waals surface area contributed by atoms with Crippen LogP contribution < -0.4 is 0 Å². The zero-order valence-electron chi connectivity index (χ0n) is 9.80. The molecule has 0 aliphatic rings. The molecule has 0 spiro atoms. The molecule has 0 unspecified atom stereocenters. The highest BCUT2D eigenvalue weighted by atomic mass is 32.2. The average molecular weight is 266 g/mol. The minimum absolute atomic E-state index is 0.392. The van der Waals surface area contributed by atoms with Crippen molar-refractivity contribution in [3.63, 3.8) is 0 Å². The monoisotopic (exact) mass is 266 g/mol. The molecule has 0 N–H and O–H groups in total. The molecule has 1 aromatic heterocycles. The second kappa shape index (κ2) is 4.63. The number of rotatable bonds is 3. The summed E-state index contributed by atoms with van der Waals surface area (Å²) in [5.74, 6) is 0. The van der Waals surface area contributed by atoms with E-state index >= 15 is 0 Å². The van der Waals surface area contributed by atoms with Crippen molar-refractivity contribution in [2.75, 3.05) is 6.26 Å². The van der Waals surface area contributed by atoms with Crippen molar-refractivity contribution in [1.82, 2.24) is 0 Å². The summed E-state index contributed by atoms with van der Waals surface area (Å²) < 4.78 is 22.9. The van der Waals surface area contributed by atoms with Gasteiger partial charge in [0.25, 0.3) is 0 Å². The lowest BCUT2D eigenvalue weighted by Crippen LogP contribution is -1.98. The normalized spacial score (nSPS) is 11.6. The molecule has 0 aliphatic carbocycles. The van der Waals surface area contributed by atoms with Crippen LogP contribution in [0.1, 0.15) is 15.3 Å². The molecule has 90 valence electrons. The lowest BCUT2D eigenvalue weighted by molar-refractivity contribution is 0.602. The number of hydrogen-bond acceptors (Lipinski definition) is 3. The molecule has 2 aromatic rings. The van der Waals surface area contributed by atoms with Crippen molar-refractivity contribution < 1.29 is 8.42 Å². The van der Waals surface area contributed by atoms with E-state index in [1.165, 1.54) is 16.0 Å². The molecule has 0 radical (unpaired) electrons. The third-order valence-electron chi connectivity index (χ3n) is 2.50. The van der Waals surface area contributed by atoms with Gasteiger partial charge in [0.1, 0.15) is 0 Å². The van der Waals surface area contributed by atoms with Crippen LogP contribution >= 0.6 is 11.3 Å². The fraction of sp³-hybridized carbons (Fsp3) is 0.231. The van der Waals surface area contributed by atoms with Crippen LogP contribution in [0.5, 0.6) is 0 Å². The first-order valence-electron chi connectivity index (χ1n) is 5.29. The molecular formula is C13H14O2S2. The zero-order chi connectivity index (χ0) is 12.5. The SMILES string of the molecule is Cc1ccc(Cc2cccc(S(C)(=O)=O)c2)s1. The van der Waals surface area contributed by atoms with Gasteiger partial charge in [-0.15, -0.1) is 11.3 Å². The van der Waals surface area contributed by atoms with Gasteiger partial charge in [0.2, 0.25) is 0 Å². The van der Waals surface area contributed by atoms with Crippen LogP contribution in [0.15, 0.2) is 41.3 Å². The maximum Gasteiger partial charge on any atom is 0.175 e. The third-order valence-corrected chi connectivity index (χ3v) is 4.61. The van der Waals surface area contributed by atoms with Crippen LogP contribution in [-0.4, -0.2) is 14.7 Å². The molecule has 0 saturated heterocycles. The van der Waals surface area contributed by atoms with Gasteiger partial charge in [-0.05, 0) is 36.8 Å². The van der Waals surface area contributed by atoms with Gasteiger partial charge in [0.05, 0.1) is 4.90 Å². The molecule has 1 heterocycles. The molecule has 0 bridgehead atoms. The van der Waals surface area contributed by atoms with Crippen molar-refractivity contribution >= 4 is 21.2 Å². The summed E-state index contributed by atoms with van der Waals surface area (Å²) in [7, 11) is -3.11. The predicted molar refractivity (Wildman–Crippen MR) is 71.4 cm³/mol. The number of benzene rings is 1. The minimum Gasteiger partial charge on any atom is -0.224 e. The molecule has 0 amide bonds. The van der Waals surface area contributed by atoms with Gasteiger partial charge in [0.15, 0.2) is 9.84 Å². The number of aryl methyl sites for hydroxylation is 1. The van der Waals surface area contributed by atoms with Gasteiger partial charge < -0.3 is 0 Å². The van der Waals surface area contributed by atoms with Crippen LogP contribution in [0, 0.1) is 6.92 Å². The maximum absolute atomic E-state index is 11.4. The van der Waals surface area contributed by atoms with Crippen molar-refractivity contribution in [3.8, 4) is 0 Å². The quantitative estimate of drug-likeness (QED) is 0.855. The van der Waals surface area contributed by atoms with Gasteiger partial charge in [-0.3, -0.25) is 0 Å². The van der Waals surface area contributed by atoms with Crippen LogP contribution in [0.25, 0.3) is 0 Å². The molecule has 0 atom stereocenters. The second-order valence-electron chi connectivity index (χ2n) is 4.11. The average Bonchev–Trinajstić information content (AvgIpc) is 2.63. The van der Waals surface area contributed by atoms with Gasteiger partial charge in [-0.2, -0.15) is 0 Å². The molecule has 17 heavy (non-hydrogen) atoms. The molecule has 1 aromatic carbocycles. The number of sulfone groups is 1. The number of thiophene rings is 1. The molecule has 0 aliphatic heterocycles. The van der Waals surface area contributed by atoms with Crippen molar-refractivity contribution in [3.05, 3.63) is 51.7 Å². The molecule has 0 fully saturated rings. The highest BCUT2D eigenvalue weighted by Gasteiger charge is 2.07. The van der Waals surface area contributed by atoms with E-state index in [4.69, 9.17) is 0 Å². The summed E-state index contributed by atoms with van der Waals surface area (Å²) >= 11 is 1.75. The first-order chi connectivity index (χ1) is 7.95. The lowest BCUT2D eigenvalue weighted by Gasteiger charge is -2.02. The Morgan fingerprint density at radius 1 is 1.18 bits per heavy atom. The highest BCUT2D eigenvalue weighted by Crippen LogP contribution is 2.20. The summed E-state index contributed by atoms with van der Waals surface area (Å²) in [6, 6.07) is 11.3. The fourth-order valence-electron chi connectivity index (χ4n) is 1.67. The summed E-state index contributed by atoms with van der Waals surface area (Å²) in [6.07, 6.45) is 2.03. The van der Waals surface area contributed by atoms with Crippen LogP contribution in [-0.2, 0) is 16.3 Å². The summed E-state index contributed by atoms with van der Waals surface area (Å²) in [5.41, 5.74) is 1.04. The molecular weight excluding hydrogens is 252 g/mol. The third kappa shape index (κ3) is 3.17. The Morgan fingerprint density at radius 2 is 1.94 bits per heavy atom. The van der Waals surface area contributed by atoms with Crippen molar-refractivity contribution in [2.24, 2.45) is 0 Å². The van der Waals surface area contributed by atoms with Crippen LogP contribution in [0.2, 0.25) is 0 Å². The summed E-state index contributed by atoms with van der Waals surface area (Å²) in [5, 5.41) is 0. The van der Waals surface area contributed by atoms with E-state index in [2.05, 4.69) is 19.1 Å². The Hall–Kier alpha value is -1.13. The first-order valence-corrected chi connectivity index (χ1v) is 8.00. The molecule has 0 saturated carbocycles. The Balaban J connectivity index is 2.28. The standard InChI is InChI=1S/C13H14O2S2/c1-10-6-7-12(16-10)8-11-4-3-5-13(9-11)17(2,14)15/h3-7,9H,8H2,1-2H3. The lowest BCUT2D eigenvalue weighted by atomic mass is 10.1. The smallest absolute Gasteiger partial charge is 0.175 e. The largest absolute Gasteiger partial charge is 0.224 e. The van der Waals surface area contributed by atoms with E-state index in [-0.39, 0.29) is 0 Å². The van der Waals surface area contributed by atoms with E-state index in [1.807, 2.05) is 6.07 Å². The van der Waals surface area contributed by atoms with Gasteiger partial charge >= 0.3 is 0 Å². The summed E-state index contributed by atoms with van der Waals surface area (Å²) in [4.78, 5) is 2.93. The van der Waals surface area contributed by atoms with E-state index < -0.39 is 9.84 Å². The van der Waals surface area contributed by atoms with E-state index in [0.29, 0.717) is 4.90 Å². The fourth-order valence-corrected chi connectivity index (χ4v) is 3.28. The van der Waals surface area contributed by atoms with Crippen LogP contribution in [0.4, 0.5) is 0 Å². The summed E-state index contributed by atoms with van der Waals surface area (Å²) in [6.45, 7) is 2.07. The predicted octanol–water partition coefficient (Wildman–Crippen LogP) is 3.05. The Bertz CT molecular complexity index is 624. The Morgan fingerprint density at radius 3 is 2.53 bits per heavy atom. The molecule has 2 nitrogen and oxygen atoms in total. The molecule has 4 heteroatoms. The highest BCUT2D eigenvalue weighted by molar-refractivity contribution is 7.90. The topological polar surface area (TPSA) is 34.1 Å².